The van der Waals surface area contributed by atoms with E-state index in [2.05, 4.69) is 0 Å². The fourth-order valence-corrected chi connectivity index (χ4v) is 4.99. The van der Waals surface area contributed by atoms with Gasteiger partial charge in [0.2, 0.25) is 0 Å². The molecule has 148 valence electrons. The van der Waals surface area contributed by atoms with Crippen molar-refractivity contribution in [2.24, 2.45) is 0 Å². The molecule has 0 saturated carbocycles. The molecule has 3 heterocycles. The highest BCUT2D eigenvalue weighted by atomic mass is 32.2. The summed E-state index contributed by atoms with van der Waals surface area (Å²) in [5, 5.41) is 3.32. The molecule has 0 N–H and O–H groups in total. The maximum Gasteiger partial charge on any atom is 0.501 e. The van der Waals surface area contributed by atoms with Gasteiger partial charge in [0.1, 0.15) is 12.3 Å². The first kappa shape index (κ1) is 19.6. The van der Waals surface area contributed by atoms with E-state index in [9.17, 15) is 14.4 Å². The van der Waals surface area contributed by atoms with E-state index < -0.39 is 11.3 Å². The second-order valence-electron chi connectivity index (χ2n) is 6.72. The van der Waals surface area contributed by atoms with Crippen molar-refractivity contribution in [3.05, 3.63) is 64.2 Å². The first-order valence-corrected chi connectivity index (χ1v) is 11.0. The van der Waals surface area contributed by atoms with Crippen LogP contribution in [0.15, 0.2) is 59.3 Å². The van der Waals surface area contributed by atoms with Gasteiger partial charge in [-0.3, -0.25) is 4.79 Å². The fraction of sp³-hybridized carbons (Fsp3) is 0.238. The Morgan fingerprint density at radius 1 is 1.17 bits per heavy atom. The number of thioether (sulfide) groups is 1. The van der Waals surface area contributed by atoms with Crippen LogP contribution in [0.4, 0.5) is 10.5 Å². The first-order valence-electron chi connectivity index (χ1n) is 9.22. The number of hydrogen-bond acceptors (Lipinski definition) is 5. The number of fused-ring (bicyclic) bond motifs is 1. The van der Waals surface area contributed by atoms with E-state index in [1.54, 1.807) is 24.5 Å². The van der Waals surface area contributed by atoms with Crippen LogP contribution in [0.3, 0.4) is 0 Å². The molecule has 1 unspecified atom stereocenters. The number of benzene rings is 1. The van der Waals surface area contributed by atoms with Crippen molar-refractivity contribution in [2.75, 3.05) is 25.0 Å². The Morgan fingerprint density at radius 3 is 2.69 bits per heavy atom. The number of nitrogens with zero attached hydrogens (tertiary/aromatic N) is 3. The van der Waals surface area contributed by atoms with Gasteiger partial charge in [0.15, 0.2) is 11.8 Å². The van der Waals surface area contributed by atoms with Gasteiger partial charge in [-0.2, -0.15) is 14.3 Å². The number of carbonyl (C=O) groups excluding carboxylic acids is 3. The van der Waals surface area contributed by atoms with Crippen LogP contribution in [0.2, 0.25) is 0 Å². The zero-order valence-electron chi connectivity index (χ0n) is 15.9. The highest BCUT2D eigenvalue weighted by Crippen LogP contribution is 2.28. The predicted molar refractivity (Wildman–Crippen MR) is 116 cm³/mol. The summed E-state index contributed by atoms with van der Waals surface area (Å²) in [5.74, 6) is -0.426. The van der Waals surface area contributed by atoms with Gasteiger partial charge in [0, 0.05) is 24.0 Å². The standard InChI is InChI=1S/C21H20N3O3S2/c1-22(15-6-3-2-4-7-15)18(25)14-24-17-10-13-29-19(17)20(26)23(21(24)27)11-9-16-8-5-12-28-16/h2-8,10,12-13,19H,9,11,14H2,1H3/q+1. The van der Waals surface area contributed by atoms with E-state index in [-0.39, 0.29) is 18.4 Å². The second kappa shape index (κ2) is 8.34. The average Bonchev–Trinajstić information content (AvgIpc) is 3.43. The molecule has 0 spiro atoms. The molecular formula is C21H20N3O3S2+. The van der Waals surface area contributed by atoms with Crippen LogP contribution in [0.25, 0.3) is 0 Å². The number of carbonyl (C=O) groups is 3. The number of anilines is 1. The Bertz CT molecular complexity index is 999. The molecule has 0 aliphatic carbocycles. The van der Waals surface area contributed by atoms with Crippen LogP contribution in [-0.4, -0.2) is 58.4 Å². The lowest BCUT2D eigenvalue weighted by Crippen LogP contribution is -2.57. The van der Waals surface area contributed by atoms with Gasteiger partial charge in [0.05, 0.1) is 0 Å². The molecule has 4 rings (SSSR count). The van der Waals surface area contributed by atoms with Crippen molar-refractivity contribution >= 4 is 52.3 Å². The van der Waals surface area contributed by atoms with E-state index >= 15 is 0 Å². The number of imide groups is 1. The van der Waals surface area contributed by atoms with Gasteiger partial charge in [-0.05, 0) is 35.1 Å². The molecule has 0 bridgehead atoms. The summed E-state index contributed by atoms with van der Waals surface area (Å²) < 4.78 is 1.44. The van der Waals surface area contributed by atoms with Crippen molar-refractivity contribution in [1.82, 2.24) is 4.90 Å². The minimum atomic E-state index is -0.467. The molecule has 1 aromatic heterocycles. The minimum absolute atomic E-state index is 0.107. The molecule has 0 fully saturated rings. The lowest BCUT2D eigenvalue weighted by molar-refractivity contribution is -0.426. The van der Waals surface area contributed by atoms with E-state index in [1.807, 2.05) is 53.3 Å². The first-order chi connectivity index (χ1) is 14.1. The van der Waals surface area contributed by atoms with Crippen molar-refractivity contribution in [1.29, 1.82) is 0 Å². The molecule has 1 atom stereocenters. The Kier molecular flexibility index (Phi) is 5.64. The van der Waals surface area contributed by atoms with Gasteiger partial charge >= 0.3 is 11.9 Å². The highest BCUT2D eigenvalue weighted by molar-refractivity contribution is 8.04. The number of hydrogen-bond donors (Lipinski definition) is 0. The summed E-state index contributed by atoms with van der Waals surface area (Å²) in [6.45, 7) is 0.200. The van der Waals surface area contributed by atoms with Crippen LogP contribution >= 0.6 is 23.1 Å². The molecular weight excluding hydrogens is 406 g/mol. The largest absolute Gasteiger partial charge is 0.501 e. The number of rotatable bonds is 6. The summed E-state index contributed by atoms with van der Waals surface area (Å²) in [4.78, 5) is 42.8. The molecule has 0 saturated heterocycles. The summed E-state index contributed by atoms with van der Waals surface area (Å²) in [7, 11) is 1.69. The molecule has 2 aliphatic heterocycles. The Balaban J connectivity index is 1.56. The third-order valence-corrected chi connectivity index (χ3v) is 6.90. The lowest BCUT2D eigenvalue weighted by Gasteiger charge is -2.25. The van der Waals surface area contributed by atoms with E-state index in [4.69, 9.17) is 0 Å². The van der Waals surface area contributed by atoms with Gasteiger partial charge < -0.3 is 4.90 Å². The molecule has 6 nitrogen and oxygen atoms in total. The number of para-hydroxylation sites is 1. The molecule has 0 radical (unpaired) electrons. The SMILES string of the molecule is CN(C(=O)C[N+]1=C2C=CSC2C(=O)N(CCc2cccs2)C1=O)c1ccccc1. The van der Waals surface area contributed by atoms with Crippen LogP contribution in [0.5, 0.6) is 0 Å². The number of likely N-dealkylation sites (N-methyl/N-ethyl adjacent to an activating group) is 1. The molecule has 1 aromatic carbocycles. The summed E-state index contributed by atoms with van der Waals surface area (Å²) in [6.07, 6.45) is 2.37. The predicted octanol–water partition coefficient (Wildman–Crippen LogP) is 3.00. The quantitative estimate of drug-likeness (QED) is 0.667. The zero-order chi connectivity index (χ0) is 20.4. The number of amides is 4. The smallest absolute Gasteiger partial charge is 0.312 e. The molecule has 29 heavy (non-hydrogen) atoms. The van der Waals surface area contributed by atoms with E-state index in [0.29, 0.717) is 18.7 Å². The van der Waals surface area contributed by atoms with Crippen LogP contribution in [0.1, 0.15) is 4.88 Å². The molecule has 4 amide bonds. The van der Waals surface area contributed by atoms with E-state index in [0.717, 1.165) is 10.6 Å². The highest BCUT2D eigenvalue weighted by Gasteiger charge is 2.49. The fourth-order valence-electron chi connectivity index (χ4n) is 3.33. The Hall–Kier alpha value is -2.71. The molecule has 8 heteroatoms. The van der Waals surface area contributed by atoms with Gasteiger partial charge in [-0.1, -0.05) is 24.3 Å². The summed E-state index contributed by atoms with van der Waals surface area (Å²) >= 11 is 2.97. The second-order valence-corrected chi connectivity index (χ2v) is 8.77. The Morgan fingerprint density at radius 2 is 1.97 bits per heavy atom. The summed E-state index contributed by atoms with van der Waals surface area (Å²) in [6, 6.07) is 12.8. The normalized spacial score (nSPS) is 18.4. The van der Waals surface area contributed by atoms with Crippen LogP contribution in [-0.2, 0) is 16.0 Å². The lowest BCUT2D eigenvalue weighted by atomic mass is 10.1. The van der Waals surface area contributed by atoms with Crippen molar-refractivity contribution < 1.29 is 19.0 Å². The number of urea groups is 1. The number of allylic oxidation sites excluding steroid dienone is 1. The topological polar surface area (TPSA) is 60.7 Å². The van der Waals surface area contributed by atoms with Crippen molar-refractivity contribution in [2.45, 2.75) is 11.7 Å². The summed E-state index contributed by atoms with van der Waals surface area (Å²) in [5.41, 5.74) is 1.35. The maximum absolute atomic E-state index is 13.1. The maximum atomic E-state index is 13.1. The van der Waals surface area contributed by atoms with Crippen LogP contribution in [0, 0.1) is 0 Å². The number of thiophene rings is 1. The molecule has 2 aliphatic rings. The van der Waals surface area contributed by atoms with E-state index in [1.165, 1.54) is 26.1 Å². The average molecular weight is 427 g/mol. The minimum Gasteiger partial charge on any atom is -0.312 e. The van der Waals surface area contributed by atoms with Gasteiger partial charge in [-0.25, -0.2) is 4.79 Å². The zero-order valence-corrected chi connectivity index (χ0v) is 17.5. The monoisotopic (exact) mass is 426 g/mol. The van der Waals surface area contributed by atoms with Gasteiger partial charge in [0.25, 0.3) is 5.91 Å². The van der Waals surface area contributed by atoms with Gasteiger partial charge in [-0.15, -0.1) is 23.1 Å². The third-order valence-electron chi connectivity index (χ3n) is 4.96. The third kappa shape index (κ3) is 3.90. The van der Waals surface area contributed by atoms with Crippen LogP contribution < -0.4 is 4.90 Å². The van der Waals surface area contributed by atoms with Crippen molar-refractivity contribution in [3.8, 4) is 0 Å². The van der Waals surface area contributed by atoms with Crippen molar-refractivity contribution in [3.63, 3.8) is 0 Å². The molecule has 2 aromatic rings. The Labute approximate surface area is 177 Å².